The van der Waals surface area contributed by atoms with Crippen molar-refractivity contribution in [1.29, 1.82) is 0 Å². The van der Waals surface area contributed by atoms with Gasteiger partial charge < -0.3 is 15.4 Å². The minimum absolute atomic E-state index is 0.241. The fraction of sp³-hybridized carbons (Fsp3) is 0.562. The monoisotopic (exact) mass is 295 g/mol. The Balaban J connectivity index is 2.77. The van der Waals surface area contributed by atoms with E-state index < -0.39 is 0 Å². The molecule has 21 heavy (non-hydrogen) atoms. The molecule has 0 aliphatic heterocycles. The molecule has 1 rings (SSSR count). The number of aliphatic imine (C=N–C) groups is 1. The number of guanidine groups is 1. The lowest BCUT2D eigenvalue weighted by Gasteiger charge is -2.16. The van der Waals surface area contributed by atoms with Crippen molar-refractivity contribution >= 4 is 5.96 Å². The van der Waals surface area contributed by atoms with E-state index in [2.05, 4.69) is 29.5 Å². The highest BCUT2D eigenvalue weighted by Crippen LogP contribution is 2.12. The molecule has 0 aliphatic carbocycles. The number of hydrogen-bond acceptors (Lipinski definition) is 2. The third-order valence-electron chi connectivity index (χ3n) is 3.17. The molecule has 1 aromatic carbocycles. The molecule has 2 N–H and O–H groups in total. The number of halogens is 1. The van der Waals surface area contributed by atoms with Gasteiger partial charge in [0.05, 0.1) is 13.2 Å². The summed E-state index contributed by atoms with van der Waals surface area (Å²) in [6.45, 7) is 7.85. The second-order valence-corrected chi connectivity index (χ2v) is 5.01. The predicted octanol–water partition coefficient (Wildman–Crippen LogP) is 2.83. The Morgan fingerprint density at radius 2 is 2.14 bits per heavy atom. The van der Waals surface area contributed by atoms with E-state index >= 15 is 0 Å². The Morgan fingerprint density at radius 3 is 2.76 bits per heavy atom. The lowest BCUT2D eigenvalue weighted by molar-refractivity contribution is 0.181. The molecule has 1 atom stereocenters. The van der Waals surface area contributed by atoms with Gasteiger partial charge in [0.1, 0.15) is 5.82 Å². The molecule has 0 spiro atoms. The lowest BCUT2D eigenvalue weighted by Crippen LogP contribution is -2.41. The lowest BCUT2D eigenvalue weighted by atomic mass is 10.1. The summed E-state index contributed by atoms with van der Waals surface area (Å²) in [5.41, 5.74) is 1.52. The quantitative estimate of drug-likeness (QED) is 0.600. The minimum Gasteiger partial charge on any atom is -0.380 e. The van der Waals surface area contributed by atoms with Crippen molar-refractivity contribution < 1.29 is 9.13 Å². The van der Waals surface area contributed by atoms with Crippen LogP contribution in [0, 0.1) is 5.82 Å². The fourth-order valence-corrected chi connectivity index (χ4v) is 1.82. The molecule has 0 bridgehead atoms. The highest BCUT2D eigenvalue weighted by atomic mass is 19.1. The zero-order chi connectivity index (χ0) is 15.7. The van der Waals surface area contributed by atoms with Gasteiger partial charge >= 0.3 is 0 Å². The summed E-state index contributed by atoms with van der Waals surface area (Å²) in [6, 6.07) is 5.38. The van der Waals surface area contributed by atoms with Crippen molar-refractivity contribution in [1.82, 2.24) is 10.6 Å². The van der Waals surface area contributed by atoms with Crippen LogP contribution in [-0.4, -0.2) is 25.7 Å². The summed E-state index contributed by atoms with van der Waals surface area (Å²) in [5.74, 6) is 0.540. The summed E-state index contributed by atoms with van der Waals surface area (Å²) in [7, 11) is 1.56. The molecular weight excluding hydrogens is 269 g/mol. The Labute approximate surface area is 126 Å². The SMILES string of the molecule is CCNC(=NCc1ccc(F)c(COC)c1)NC(C)CC. The second-order valence-electron chi connectivity index (χ2n) is 5.01. The fourth-order valence-electron chi connectivity index (χ4n) is 1.82. The van der Waals surface area contributed by atoms with Crippen LogP contribution < -0.4 is 10.6 Å². The third-order valence-corrected chi connectivity index (χ3v) is 3.17. The number of ether oxygens (including phenoxy) is 1. The molecule has 0 aromatic heterocycles. The van der Waals surface area contributed by atoms with E-state index in [4.69, 9.17) is 4.74 Å². The number of benzene rings is 1. The molecule has 0 radical (unpaired) electrons. The van der Waals surface area contributed by atoms with Crippen LogP contribution >= 0.6 is 0 Å². The average Bonchev–Trinajstić information content (AvgIpc) is 2.48. The van der Waals surface area contributed by atoms with Crippen molar-refractivity contribution in [2.75, 3.05) is 13.7 Å². The van der Waals surface area contributed by atoms with E-state index in [0.717, 1.165) is 24.5 Å². The standard InChI is InChI=1S/C16H26FN3O/c1-5-12(3)20-16(18-6-2)19-10-13-7-8-15(17)14(9-13)11-21-4/h7-9,12H,5-6,10-11H2,1-4H3,(H2,18,19,20). The van der Waals surface area contributed by atoms with Crippen LogP contribution in [0.2, 0.25) is 0 Å². The van der Waals surface area contributed by atoms with Gasteiger partial charge in [-0.25, -0.2) is 9.38 Å². The molecule has 118 valence electrons. The van der Waals surface area contributed by atoms with Crippen molar-refractivity contribution in [2.24, 2.45) is 4.99 Å². The van der Waals surface area contributed by atoms with Crippen LogP contribution in [-0.2, 0) is 17.9 Å². The Hall–Kier alpha value is -1.62. The smallest absolute Gasteiger partial charge is 0.191 e. The van der Waals surface area contributed by atoms with Crippen LogP contribution in [0.1, 0.15) is 38.3 Å². The van der Waals surface area contributed by atoms with Gasteiger partial charge in [0.2, 0.25) is 0 Å². The number of methoxy groups -OCH3 is 1. The van der Waals surface area contributed by atoms with E-state index in [0.29, 0.717) is 18.2 Å². The Kier molecular flexibility index (Phi) is 7.75. The molecule has 0 aliphatic rings. The van der Waals surface area contributed by atoms with Gasteiger partial charge in [-0.3, -0.25) is 0 Å². The van der Waals surface area contributed by atoms with Gasteiger partial charge in [0.25, 0.3) is 0 Å². The van der Waals surface area contributed by atoms with Crippen LogP contribution in [0.3, 0.4) is 0 Å². The van der Waals surface area contributed by atoms with E-state index in [-0.39, 0.29) is 12.4 Å². The zero-order valence-electron chi connectivity index (χ0n) is 13.4. The second kappa shape index (κ2) is 9.34. The van der Waals surface area contributed by atoms with Crippen LogP contribution in [0.4, 0.5) is 4.39 Å². The topological polar surface area (TPSA) is 45.7 Å². The summed E-state index contributed by atoms with van der Waals surface area (Å²) in [5, 5.41) is 6.54. The normalized spacial score (nSPS) is 13.1. The Morgan fingerprint density at radius 1 is 1.38 bits per heavy atom. The third kappa shape index (κ3) is 6.12. The van der Waals surface area contributed by atoms with Gasteiger partial charge in [0.15, 0.2) is 5.96 Å². The molecule has 0 fully saturated rings. The molecule has 0 heterocycles. The summed E-state index contributed by atoms with van der Waals surface area (Å²) in [6.07, 6.45) is 1.03. The molecule has 5 heteroatoms. The molecule has 4 nitrogen and oxygen atoms in total. The van der Waals surface area contributed by atoms with Crippen LogP contribution in [0.15, 0.2) is 23.2 Å². The number of nitrogens with one attached hydrogen (secondary N) is 2. The van der Waals surface area contributed by atoms with Crippen LogP contribution in [0.5, 0.6) is 0 Å². The van der Waals surface area contributed by atoms with Crippen molar-refractivity contribution in [3.8, 4) is 0 Å². The highest BCUT2D eigenvalue weighted by molar-refractivity contribution is 5.80. The predicted molar refractivity (Wildman–Crippen MR) is 84.8 cm³/mol. The van der Waals surface area contributed by atoms with Gasteiger partial charge in [-0.2, -0.15) is 0 Å². The van der Waals surface area contributed by atoms with E-state index in [9.17, 15) is 4.39 Å². The average molecular weight is 295 g/mol. The maximum absolute atomic E-state index is 13.6. The van der Waals surface area contributed by atoms with Crippen LogP contribution in [0.25, 0.3) is 0 Å². The first-order valence-corrected chi connectivity index (χ1v) is 7.41. The maximum Gasteiger partial charge on any atom is 0.191 e. The molecule has 1 aromatic rings. The van der Waals surface area contributed by atoms with Gasteiger partial charge in [-0.05, 0) is 38.0 Å². The highest BCUT2D eigenvalue weighted by Gasteiger charge is 2.05. The van der Waals surface area contributed by atoms with E-state index in [1.807, 2.05) is 6.92 Å². The zero-order valence-corrected chi connectivity index (χ0v) is 13.4. The van der Waals surface area contributed by atoms with Crippen molar-refractivity contribution in [3.05, 3.63) is 35.1 Å². The molecular formula is C16H26FN3O. The van der Waals surface area contributed by atoms with E-state index in [1.165, 1.54) is 6.07 Å². The molecule has 0 saturated carbocycles. The van der Waals surface area contributed by atoms with Gasteiger partial charge in [-0.15, -0.1) is 0 Å². The summed E-state index contributed by atoms with van der Waals surface area (Å²) < 4.78 is 18.5. The molecule has 0 amide bonds. The van der Waals surface area contributed by atoms with Gasteiger partial charge in [0, 0.05) is 25.3 Å². The first-order chi connectivity index (χ1) is 10.1. The summed E-state index contributed by atoms with van der Waals surface area (Å²) >= 11 is 0. The number of hydrogen-bond donors (Lipinski definition) is 2. The molecule has 0 saturated heterocycles. The Bertz CT molecular complexity index is 463. The number of rotatable bonds is 7. The first kappa shape index (κ1) is 17.4. The van der Waals surface area contributed by atoms with Crippen molar-refractivity contribution in [3.63, 3.8) is 0 Å². The summed E-state index contributed by atoms with van der Waals surface area (Å²) in [4.78, 5) is 4.53. The van der Waals surface area contributed by atoms with Gasteiger partial charge in [-0.1, -0.05) is 13.0 Å². The van der Waals surface area contributed by atoms with Crippen molar-refractivity contribution in [2.45, 2.75) is 46.4 Å². The first-order valence-electron chi connectivity index (χ1n) is 7.41. The maximum atomic E-state index is 13.6. The largest absolute Gasteiger partial charge is 0.380 e. The van der Waals surface area contributed by atoms with E-state index in [1.54, 1.807) is 19.2 Å². The minimum atomic E-state index is -0.241. The number of nitrogens with zero attached hydrogens (tertiary/aromatic N) is 1. The molecule has 1 unspecified atom stereocenters.